The molecular weight excluding hydrogens is 336 g/mol. The second-order valence-electron chi connectivity index (χ2n) is 7.15. The van der Waals surface area contributed by atoms with E-state index in [9.17, 15) is 5.11 Å². The Balaban J connectivity index is 1.57. The molecule has 3 N–H and O–H groups in total. The van der Waals surface area contributed by atoms with Gasteiger partial charge in [0.25, 0.3) is 0 Å². The van der Waals surface area contributed by atoms with Crippen LogP contribution in [0.1, 0.15) is 29.9 Å². The highest BCUT2D eigenvalue weighted by Gasteiger charge is 2.24. The molecule has 1 saturated heterocycles. The van der Waals surface area contributed by atoms with Crippen LogP contribution in [0, 0.1) is 0 Å². The smallest absolute Gasteiger partial charge is 0.149 e. The van der Waals surface area contributed by atoms with Crippen LogP contribution in [0.4, 0.5) is 5.82 Å². The Morgan fingerprint density at radius 2 is 1.81 bits per heavy atom. The molecule has 3 aromatic rings. The summed E-state index contributed by atoms with van der Waals surface area (Å²) in [6.45, 7) is 2.99. The number of hydrogen-bond acceptors (Lipinski definition) is 5. The first kappa shape index (κ1) is 17.5. The molecule has 4 rings (SSSR count). The number of para-hydroxylation sites is 1. The number of anilines is 1. The lowest BCUT2D eigenvalue weighted by Crippen LogP contribution is -2.34. The van der Waals surface area contributed by atoms with Crippen LogP contribution >= 0.6 is 0 Å². The topological polar surface area (TPSA) is 75.3 Å². The number of aromatic hydroxyl groups is 1. The molecule has 1 aliphatic rings. The van der Waals surface area contributed by atoms with Crippen LogP contribution in [0.2, 0.25) is 0 Å². The molecule has 5 nitrogen and oxygen atoms in total. The molecule has 1 fully saturated rings. The van der Waals surface area contributed by atoms with Crippen molar-refractivity contribution in [2.45, 2.75) is 25.3 Å². The third-order valence-electron chi connectivity index (χ3n) is 5.23. The maximum Gasteiger partial charge on any atom is 0.149 e. The van der Waals surface area contributed by atoms with E-state index in [1.807, 2.05) is 24.3 Å². The average Bonchev–Trinajstić information content (AvgIpc) is 2.70. The third-order valence-corrected chi connectivity index (χ3v) is 5.23. The first-order chi connectivity index (χ1) is 13.2. The summed E-state index contributed by atoms with van der Waals surface area (Å²) >= 11 is 0. The van der Waals surface area contributed by atoms with Gasteiger partial charge in [-0.3, -0.25) is 4.90 Å². The lowest BCUT2D eigenvalue weighted by Gasteiger charge is -2.33. The molecule has 0 aliphatic carbocycles. The highest BCUT2D eigenvalue weighted by molar-refractivity contribution is 5.68. The number of nitrogen functional groups attached to an aromatic ring is 1. The van der Waals surface area contributed by atoms with Crippen molar-refractivity contribution in [3.63, 3.8) is 0 Å². The lowest BCUT2D eigenvalue weighted by molar-refractivity contribution is 0.200. The van der Waals surface area contributed by atoms with E-state index in [-0.39, 0.29) is 5.75 Å². The highest BCUT2D eigenvalue weighted by Crippen LogP contribution is 2.34. The Labute approximate surface area is 159 Å². The maximum atomic E-state index is 10.1. The van der Waals surface area contributed by atoms with E-state index in [0.29, 0.717) is 23.0 Å². The van der Waals surface area contributed by atoms with E-state index in [4.69, 9.17) is 5.73 Å². The number of hydrogen-bond donors (Lipinski definition) is 2. The minimum atomic E-state index is 0.205. The number of nitrogens with zero attached hydrogens (tertiary/aromatic N) is 3. The van der Waals surface area contributed by atoms with Crippen LogP contribution in [0.5, 0.6) is 5.75 Å². The molecule has 1 unspecified atom stereocenters. The number of phenolic OH excluding ortho intramolecular Hbond substituents is 1. The Bertz CT molecular complexity index is 913. The summed E-state index contributed by atoms with van der Waals surface area (Å²) in [7, 11) is 0. The quantitative estimate of drug-likeness (QED) is 0.740. The first-order valence-electron chi connectivity index (χ1n) is 9.38. The number of rotatable bonds is 4. The van der Waals surface area contributed by atoms with Gasteiger partial charge >= 0.3 is 0 Å². The van der Waals surface area contributed by atoms with Crippen molar-refractivity contribution in [1.82, 2.24) is 15.1 Å². The normalized spacial score (nSPS) is 17.7. The van der Waals surface area contributed by atoms with Gasteiger partial charge in [-0.05, 0) is 43.1 Å². The van der Waals surface area contributed by atoms with E-state index in [2.05, 4.69) is 39.4 Å². The van der Waals surface area contributed by atoms with E-state index in [1.54, 1.807) is 12.1 Å². The molecule has 1 atom stereocenters. The zero-order valence-electron chi connectivity index (χ0n) is 15.3. The van der Waals surface area contributed by atoms with Crippen molar-refractivity contribution in [3.05, 3.63) is 71.8 Å². The van der Waals surface area contributed by atoms with Crippen molar-refractivity contribution in [1.29, 1.82) is 0 Å². The second-order valence-corrected chi connectivity index (χ2v) is 7.15. The zero-order valence-corrected chi connectivity index (χ0v) is 15.3. The summed E-state index contributed by atoms with van der Waals surface area (Å²) in [5.74, 6) is 1.01. The van der Waals surface area contributed by atoms with Crippen LogP contribution in [0.15, 0.2) is 60.7 Å². The number of piperidine rings is 1. The summed E-state index contributed by atoms with van der Waals surface area (Å²) < 4.78 is 0. The Kier molecular flexibility index (Phi) is 5.03. The van der Waals surface area contributed by atoms with Gasteiger partial charge in [0.2, 0.25) is 0 Å². The molecule has 138 valence electrons. The summed E-state index contributed by atoms with van der Waals surface area (Å²) in [6.07, 6.45) is 2.21. The summed E-state index contributed by atoms with van der Waals surface area (Å²) in [6, 6.07) is 19.7. The largest absolute Gasteiger partial charge is 0.507 e. The number of benzene rings is 2. The predicted octanol–water partition coefficient (Wildman–Crippen LogP) is 3.81. The van der Waals surface area contributed by atoms with Crippen LogP contribution in [-0.2, 0) is 6.54 Å². The molecular formula is C22H24N4O. The monoisotopic (exact) mass is 360 g/mol. The van der Waals surface area contributed by atoms with Crippen LogP contribution in [-0.4, -0.2) is 33.3 Å². The number of aromatic nitrogens is 2. The third kappa shape index (κ3) is 3.93. The lowest BCUT2D eigenvalue weighted by atomic mass is 9.90. The fraction of sp³-hybridized carbons (Fsp3) is 0.273. The molecule has 5 heteroatoms. The summed E-state index contributed by atoms with van der Waals surface area (Å²) in [5, 5.41) is 18.5. The van der Waals surface area contributed by atoms with Crippen LogP contribution < -0.4 is 5.73 Å². The van der Waals surface area contributed by atoms with E-state index >= 15 is 0 Å². The molecule has 1 aromatic heterocycles. The highest BCUT2D eigenvalue weighted by atomic mass is 16.3. The molecule has 0 bridgehead atoms. The van der Waals surface area contributed by atoms with Gasteiger partial charge in [-0.15, -0.1) is 10.2 Å². The van der Waals surface area contributed by atoms with Crippen molar-refractivity contribution < 1.29 is 5.11 Å². The van der Waals surface area contributed by atoms with Crippen LogP contribution in [0.25, 0.3) is 11.3 Å². The maximum absolute atomic E-state index is 10.1. The summed E-state index contributed by atoms with van der Waals surface area (Å²) in [4.78, 5) is 2.48. The van der Waals surface area contributed by atoms with E-state index in [1.165, 1.54) is 5.56 Å². The molecule has 0 spiro atoms. The molecule has 27 heavy (non-hydrogen) atoms. The minimum Gasteiger partial charge on any atom is -0.507 e. The fourth-order valence-electron chi connectivity index (χ4n) is 3.86. The van der Waals surface area contributed by atoms with Gasteiger partial charge < -0.3 is 10.8 Å². The first-order valence-corrected chi connectivity index (χ1v) is 9.38. The molecule has 2 aromatic carbocycles. The van der Waals surface area contributed by atoms with Crippen molar-refractivity contribution >= 4 is 5.82 Å². The average molecular weight is 360 g/mol. The second kappa shape index (κ2) is 7.76. The van der Waals surface area contributed by atoms with E-state index in [0.717, 1.165) is 38.0 Å². The molecule has 0 amide bonds. The van der Waals surface area contributed by atoms with Crippen LogP contribution in [0.3, 0.4) is 0 Å². The molecule has 0 saturated carbocycles. The van der Waals surface area contributed by atoms with Gasteiger partial charge in [-0.25, -0.2) is 0 Å². The molecule has 0 radical (unpaired) electrons. The molecule has 1 aliphatic heterocycles. The van der Waals surface area contributed by atoms with Crippen molar-refractivity contribution in [3.8, 4) is 17.0 Å². The summed E-state index contributed by atoms with van der Waals surface area (Å²) in [5.41, 5.74) is 9.88. The van der Waals surface area contributed by atoms with E-state index < -0.39 is 0 Å². The predicted molar refractivity (Wildman–Crippen MR) is 107 cm³/mol. The Hall–Kier alpha value is -2.92. The van der Waals surface area contributed by atoms with Crippen molar-refractivity contribution in [2.24, 2.45) is 0 Å². The number of likely N-dealkylation sites (tertiary alicyclic amines) is 1. The zero-order chi connectivity index (χ0) is 18.6. The molecule has 2 heterocycles. The SMILES string of the molecule is Nc1nnc(-c2ccccc2O)cc1C1CCCN(Cc2ccccc2)C1. The van der Waals surface area contributed by atoms with Gasteiger partial charge in [0.1, 0.15) is 11.6 Å². The fourth-order valence-corrected chi connectivity index (χ4v) is 3.86. The standard InChI is InChI=1S/C22H24N4O/c23-22-19(13-20(24-25-22)18-10-4-5-11-21(18)27)17-9-6-12-26(15-17)14-16-7-2-1-3-8-16/h1-5,7-8,10-11,13,17,27H,6,9,12,14-15H2,(H2,23,25). The Morgan fingerprint density at radius 3 is 2.63 bits per heavy atom. The van der Waals surface area contributed by atoms with Gasteiger partial charge in [-0.2, -0.15) is 0 Å². The van der Waals surface area contributed by atoms with Crippen molar-refractivity contribution in [2.75, 3.05) is 18.8 Å². The Morgan fingerprint density at radius 1 is 1.04 bits per heavy atom. The van der Waals surface area contributed by atoms with Gasteiger partial charge in [0, 0.05) is 30.1 Å². The van der Waals surface area contributed by atoms with Gasteiger partial charge in [0.05, 0.1) is 5.69 Å². The number of phenols is 1. The van der Waals surface area contributed by atoms with Gasteiger partial charge in [0.15, 0.2) is 0 Å². The minimum absolute atomic E-state index is 0.205. The van der Waals surface area contributed by atoms with Gasteiger partial charge in [-0.1, -0.05) is 42.5 Å². The number of nitrogens with two attached hydrogens (primary N) is 1.